The van der Waals surface area contributed by atoms with Crippen LogP contribution in [0.4, 0.5) is 10.2 Å². The van der Waals surface area contributed by atoms with Crippen LogP contribution in [0, 0.1) is 12.7 Å². The average Bonchev–Trinajstić information content (AvgIpc) is 2.95. The maximum atomic E-state index is 13.9. The molecule has 0 bridgehead atoms. The second-order valence-electron chi connectivity index (χ2n) is 4.89. The van der Waals surface area contributed by atoms with E-state index in [-0.39, 0.29) is 10.7 Å². The molecular weight excluding hydrogens is 319 g/mol. The zero-order valence-electron chi connectivity index (χ0n) is 12.1. The summed E-state index contributed by atoms with van der Waals surface area (Å²) in [5.41, 5.74) is 1.75. The van der Waals surface area contributed by atoms with E-state index < -0.39 is 15.8 Å². The third kappa shape index (κ3) is 3.07. The summed E-state index contributed by atoms with van der Waals surface area (Å²) in [4.78, 5) is 3.53. The minimum atomic E-state index is -4.06. The first-order chi connectivity index (χ1) is 11.0. The lowest BCUT2D eigenvalue weighted by atomic mass is 10.2. The van der Waals surface area contributed by atoms with Crippen molar-refractivity contribution in [2.24, 2.45) is 0 Å². The van der Waals surface area contributed by atoms with Crippen molar-refractivity contribution in [3.05, 3.63) is 60.2 Å². The molecule has 118 valence electrons. The summed E-state index contributed by atoms with van der Waals surface area (Å²) in [6.07, 6.45) is 3.23. The van der Waals surface area contributed by atoms with Gasteiger partial charge in [-0.25, -0.2) is 12.8 Å². The number of aromatic amines is 1. The first-order valence-electron chi connectivity index (χ1n) is 6.71. The third-order valence-corrected chi connectivity index (χ3v) is 4.77. The number of pyridine rings is 1. The van der Waals surface area contributed by atoms with Crippen LogP contribution in [0.5, 0.6) is 0 Å². The minimum Gasteiger partial charge on any atom is -0.276 e. The van der Waals surface area contributed by atoms with Crippen molar-refractivity contribution in [2.75, 3.05) is 4.72 Å². The SMILES string of the molecule is Cc1cccc(F)c1S(=O)(=O)Nc1cc(-c2ccncc2)[nH]n1. The van der Waals surface area contributed by atoms with Crippen LogP contribution in [0.1, 0.15) is 5.56 Å². The summed E-state index contributed by atoms with van der Waals surface area (Å²) in [6, 6.07) is 9.14. The van der Waals surface area contributed by atoms with Crippen LogP contribution in [0.25, 0.3) is 11.3 Å². The fourth-order valence-electron chi connectivity index (χ4n) is 2.20. The first kappa shape index (κ1) is 15.2. The maximum absolute atomic E-state index is 13.9. The summed E-state index contributed by atoms with van der Waals surface area (Å²) < 4.78 is 40.9. The van der Waals surface area contributed by atoms with Crippen molar-refractivity contribution < 1.29 is 12.8 Å². The van der Waals surface area contributed by atoms with Crippen molar-refractivity contribution >= 4 is 15.8 Å². The van der Waals surface area contributed by atoms with Crippen LogP contribution in [-0.4, -0.2) is 23.6 Å². The summed E-state index contributed by atoms with van der Waals surface area (Å²) in [7, 11) is -4.06. The molecule has 0 fully saturated rings. The quantitative estimate of drug-likeness (QED) is 0.769. The van der Waals surface area contributed by atoms with Gasteiger partial charge in [0, 0.05) is 24.0 Å². The van der Waals surface area contributed by atoms with E-state index in [0.717, 1.165) is 11.6 Å². The molecule has 8 heteroatoms. The van der Waals surface area contributed by atoms with Crippen molar-refractivity contribution in [3.8, 4) is 11.3 Å². The lowest BCUT2D eigenvalue weighted by Crippen LogP contribution is -2.16. The molecule has 1 aromatic carbocycles. The summed E-state index contributed by atoms with van der Waals surface area (Å²) >= 11 is 0. The molecule has 2 N–H and O–H groups in total. The van der Waals surface area contributed by atoms with Crippen LogP contribution >= 0.6 is 0 Å². The lowest BCUT2D eigenvalue weighted by molar-refractivity contribution is 0.568. The fraction of sp³-hybridized carbons (Fsp3) is 0.0667. The highest BCUT2D eigenvalue weighted by molar-refractivity contribution is 7.92. The molecule has 2 heterocycles. The van der Waals surface area contributed by atoms with Gasteiger partial charge in [-0.1, -0.05) is 12.1 Å². The Kier molecular flexibility index (Phi) is 3.83. The van der Waals surface area contributed by atoms with E-state index in [9.17, 15) is 12.8 Å². The molecule has 0 aliphatic carbocycles. The highest BCUT2D eigenvalue weighted by Gasteiger charge is 2.22. The Bertz CT molecular complexity index is 919. The number of aryl methyl sites for hydroxylation is 1. The predicted molar refractivity (Wildman–Crippen MR) is 83.8 cm³/mol. The molecule has 0 atom stereocenters. The van der Waals surface area contributed by atoms with Crippen LogP contribution in [0.3, 0.4) is 0 Å². The van der Waals surface area contributed by atoms with Crippen LogP contribution in [0.2, 0.25) is 0 Å². The highest BCUT2D eigenvalue weighted by Crippen LogP contribution is 2.24. The summed E-state index contributed by atoms with van der Waals surface area (Å²) in [5.74, 6) is -0.721. The van der Waals surface area contributed by atoms with E-state index in [1.54, 1.807) is 24.5 Å². The molecule has 3 aromatic rings. The van der Waals surface area contributed by atoms with Crippen molar-refractivity contribution in [2.45, 2.75) is 11.8 Å². The topological polar surface area (TPSA) is 87.7 Å². The summed E-state index contributed by atoms with van der Waals surface area (Å²) in [6.45, 7) is 1.53. The van der Waals surface area contributed by atoms with Gasteiger partial charge in [-0.3, -0.25) is 14.8 Å². The number of rotatable bonds is 4. The molecule has 0 aliphatic heterocycles. The molecule has 0 aliphatic rings. The van der Waals surface area contributed by atoms with Crippen LogP contribution in [-0.2, 0) is 10.0 Å². The first-order valence-corrected chi connectivity index (χ1v) is 8.19. The number of anilines is 1. The molecule has 2 aromatic heterocycles. The highest BCUT2D eigenvalue weighted by atomic mass is 32.2. The largest absolute Gasteiger partial charge is 0.276 e. The number of H-pyrrole nitrogens is 1. The zero-order chi connectivity index (χ0) is 16.4. The molecule has 0 amide bonds. The van der Waals surface area contributed by atoms with Gasteiger partial charge in [0.2, 0.25) is 0 Å². The second kappa shape index (κ2) is 5.81. The van der Waals surface area contributed by atoms with E-state index >= 15 is 0 Å². The standard InChI is InChI=1S/C15H13FN4O2S/c1-10-3-2-4-12(16)15(10)23(21,22)20-14-9-13(18-19-14)11-5-7-17-8-6-11/h2-9H,1H3,(H2,18,19,20). The molecule has 3 rings (SSSR count). The van der Waals surface area contributed by atoms with Gasteiger partial charge >= 0.3 is 0 Å². The van der Waals surface area contributed by atoms with Crippen molar-refractivity contribution in [1.82, 2.24) is 15.2 Å². The Hall–Kier alpha value is -2.74. The predicted octanol–water partition coefficient (Wildman–Crippen LogP) is 2.72. The van der Waals surface area contributed by atoms with E-state index in [4.69, 9.17) is 0 Å². The fourth-order valence-corrected chi connectivity index (χ4v) is 3.50. The molecule has 6 nitrogen and oxygen atoms in total. The van der Waals surface area contributed by atoms with Gasteiger partial charge in [0.25, 0.3) is 10.0 Å². The smallest absolute Gasteiger partial charge is 0.266 e. The monoisotopic (exact) mass is 332 g/mol. The minimum absolute atomic E-state index is 0.0828. The average molecular weight is 332 g/mol. The van der Waals surface area contributed by atoms with Gasteiger partial charge in [-0.15, -0.1) is 0 Å². The number of benzene rings is 1. The number of sulfonamides is 1. The molecule has 23 heavy (non-hydrogen) atoms. The Balaban J connectivity index is 1.92. The van der Waals surface area contributed by atoms with E-state index in [0.29, 0.717) is 11.3 Å². The van der Waals surface area contributed by atoms with Gasteiger partial charge in [-0.2, -0.15) is 5.10 Å². The Labute approximate surface area is 132 Å². The number of nitrogens with one attached hydrogen (secondary N) is 2. The third-order valence-electron chi connectivity index (χ3n) is 3.24. The van der Waals surface area contributed by atoms with E-state index in [1.165, 1.54) is 25.1 Å². The number of nitrogens with zero attached hydrogens (tertiary/aromatic N) is 2. The van der Waals surface area contributed by atoms with Crippen molar-refractivity contribution in [1.29, 1.82) is 0 Å². The normalized spacial score (nSPS) is 11.4. The number of aromatic nitrogens is 3. The Morgan fingerprint density at radius 1 is 1.17 bits per heavy atom. The summed E-state index contributed by atoms with van der Waals surface area (Å²) in [5, 5.41) is 6.63. The Morgan fingerprint density at radius 2 is 1.91 bits per heavy atom. The second-order valence-corrected chi connectivity index (χ2v) is 6.51. The van der Waals surface area contributed by atoms with Gasteiger partial charge in [0.05, 0.1) is 5.69 Å². The number of halogens is 1. The zero-order valence-corrected chi connectivity index (χ0v) is 12.9. The molecule has 0 radical (unpaired) electrons. The Morgan fingerprint density at radius 3 is 2.61 bits per heavy atom. The van der Waals surface area contributed by atoms with Gasteiger partial charge < -0.3 is 0 Å². The molecule has 0 unspecified atom stereocenters. The van der Waals surface area contributed by atoms with E-state index in [2.05, 4.69) is 19.9 Å². The van der Waals surface area contributed by atoms with Crippen molar-refractivity contribution in [3.63, 3.8) is 0 Å². The van der Waals surface area contributed by atoms with Gasteiger partial charge in [-0.05, 0) is 30.7 Å². The lowest BCUT2D eigenvalue weighted by Gasteiger charge is -2.08. The molecular formula is C15H13FN4O2S. The molecule has 0 saturated carbocycles. The van der Waals surface area contributed by atoms with Crippen LogP contribution in [0.15, 0.2) is 53.7 Å². The number of hydrogen-bond donors (Lipinski definition) is 2. The molecule has 0 saturated heterocycles. The van der Waals surface area contributed by atoms with Gasteiger partial charge in [0.15, 0.2) is 5.82 Å². The number of hydrogen-bond acceptors (Lipinski definition) is 4. The molecule has 0 spiro atoms. The van der Waals surface area contributed by atoms with E-state index in [1.807, 2.05) is 0 Å². The van der Waals surface area contributed by atoms with Crippen LogP contribution < -0.4 is 4.72 Å². The van der Waals surface area contributed by atoms with Gasteiger partial charge in [0.1, 0.15) is 10.7 Å². The maximum Gasteiger partial charge on any atom is 0.266 e.